The number of pyridine rings is 1. The predicted octanol–water partition coefficient (Wildman–Crippen LogP) is 6.61. The number of amides is 1. The van der Waals surface area contributed by atoms with Crippen molar-refractivity contribution in [1.82, 2.24) is 9.88 Å². The molecule has 0 unspecified atom stereocenters. The van der Waals surface area contributed by atoms with E-state index >= 15 is 0 Å². The van der Waals surface area contributed by atoms with E-state index in [1.54, 1.807) is 29.2 Å². The van der Waals surface area contributed by atoms with Gasteiger partial charge in [0.15, 0.2) is 0 Å². The number of hydrogen-bond donors (Lipinski definition) is 1. The fourth-order valence-corrected chi connectivity index (χ4v) is 5.66. The molecule has 1 aliphatic heterocycles. The second-order valence-electron chi connectivity index (χ2n) is 8.75. The second kappa shape index (κ2) is 10.7. The standard InChI is InChI=1S/C30H24N2O3S2/c1-2-21-18-23-7-3-4-9-25(23)31-27(21)24-8-5-6-20(16-24)17-26-28(33)32(30(36)37-26)15-14-19-10-12-22(13-11-19)29(34)35/h3-13,16-18H,2,14-15H2,1H3,(H,34,35)/b26-17-. The smallest absolute Gasteiger partial charge is 0.335 e. The number of rotatable bonds is 7. The monoisotopic (exact) mass is 524 g/mol. The number of thiocarbonyl (C=S) groups is 1. The Kier molecular flexibility index (Phi) is 7.17. The van der Waals surface area contributed by atoms with Crippen molar-refractivity contribution in [3.8, 4) is 11.3 Å². The van der Waals surface area contributed by atoms with Crippen LogP contribution in [0.3, 0.4) is 0 Å². The van der Waals surface area contributed by atoms with Crippen molar-refractivity contribution in [3.05, 3.63) is 106 Å². The minimum Gasteiger partial charge on any atom is -0.478 e. The molecule has 37 heavy (non-hydrogen) atoms. The molecule has 1 aromatic heterocycles. The van der Waals surface area contributed by atoms with Crippen molar-refractivity contribution in [1.29, 1.82) is 0 Å². The van der Waals surface area contributed by atoms with E-state index in [-0.39, 0.29) is 11.5 Å². The molecule has 5 nitrogen and oxygen atoms in total. The van der Waals surface area contributed by atoms with Crippen LogP contribution in [0.25, 0.3) is 28.2 Å². The number of aryl methyl sites for hydroxylation is 1. The Labute approximate surface area is 224 Å². The average Bonchev–Trinajstić information content (AvgIpc) is 3.18. The summed E-state index contributed by atoms with van der Waals surface area (Å²) in [5.41, 5.74) is 6.21. The molecule has 0 radical (unpaired) electrons. The van der Waals surface area contributed by atoms with E-state index in [0.29, 0.717) is 22.2 Å². The van der Waals surface area contributed by atoms with E-state index < -0.39 is 5.97 Å². The van der Waals surface area contributed by atoms with Gasteiger partial charge in [-0.05, 0) is 65.9 Å². The lowest BCUT2D eigenvalue weighted by Gasteiger charge is -2.14. The number of carbonyl (C=O) groups is 2. The minimum absolute atomic E-state index is 0.111. The first-order valence-corrected chi connectivity index (χ1v) is 13.2. The molecule has 1 amide bonds. The number of thioether (sulfide) groups is 1. The quantitative estimate of drug-likeness (QED) is 0.217. The molecule has 0 atom stereocenters. The number of aromatic carboxylic acids is 1. The molecule has 0 saturated carbocycles. The summed E-state index contributed by atoms with van der Waals surface area (Å²) < 4.78 is 0.527. The highest BCUT2D eigenvalue weighted by molar-refractivity contribution is 8.26. The van der Waals surface area contributed by atoms with Crippen molar-refractivity contribution in [3.63, 3.8) is 0 Å². The van der Waals surface area contributed by atoms with Crippen molar-refractivity contribution >= 4 is 57.2 Å². The van der Waals surface area contributed by atoms with Gasteiger partial charge in [-0.15, -0.1) is 0 Å². The molecule has 4 aromatic rings. The highest BCUT2D eigenvalue weighted by Crippen LogP contribution is 2.34. The zero-order valence-corrected chi connectivity index (χ0v) is 21.8. The van der Waals surface area contributed by atoms with Gasteiger partial charge in [0.2, 0.25) is 0 Å². The average molecular weight is 525 g/mol. The molecule has 1 N–H and O–H groups in total. The molecular formula is C30H24N2O3S2. The van der Waals surface area contributed by atoms with Crippen LogP contribution in [0.2, 0.25) is 0 Å². The molecule has 7 heteroatoms. The first kappa shape index (κ1) is 24.9. The van der Waals surface area contributed by atoms with Crippen LogP contribution in [0, 0.1) is 0 Å². The third-order valence-corrected chi connectivity index (χ3v) is 7.72. The van der Waals surface area contributed by atoms with Crippen LogP contribution in [0.4, 0.5) is 0 Å². The normalized spacial score (nSPS) is 14.6. The minimum atomic E-state index is -0.958. The maximum atomic E-state index is 13.1. The second-order valence-corrected chi connectivity index (χ2v) is 10.4. The van der Waals surface area contributed by atoms with Crippen LogP contribution in [0.5, 0.6) is 0 Å². The van der Waals surface area contributed by atoms with Crippen molar-refractivity contribution < 1.29 is 14.7 Å². The number of carboxylic acids is 1. The van der Waals surface area contributed by atoms with Crippen LogP contribution >= 0.6 is 24.0 Å². The lowest BCUT2D eigenvalue weighted by atomic mass is 10.00. The summed E-state index contributed by atoms with van der Waals surface area (Å²) in [5, 5.41) is 10.2. The molecule has 0 bridgehead atoms. The molecule has 1 aliphatic rings. The van der Waals surface area contributed by atoms with Gasteiger partial charge < -0.3 is 5.11 Å². The zero-order valence-electron chi connectivity index (χ0n) is 20.2. The summed E-state index contributed by atoms with van der Waals surface area (Å²) in [6.45, 7) is 2.57. The highest BCUT2D eigenvalue weighted by atomic mass is 32.2. The first-order valence-electron chi connectivity index (χ1n) is 12.0. The van der Waals surface area contributed by atoms with Crippen molar-refractivity contribution in [2.45, 2.75) is 19.8 Å². The Morgan fingerprint density at radius 1 is 1.05 bits per heavy atom. The van der Waals surface area contributed by atoms with Crippen LogP contribution in [-0.4, -0.2) is 37.7 Å². The molecule has 0 aliphatic carbocycles. The summed E-state index contributed by atoms with van der Waals surface area (Å²) in [5.74, 6) is -1.07. The first-order chi connectivity index (χ1) is 17.9. The topological polar surface area (TPSA) is 70.5 Å². The lowest BCUT2D eigenvalue weighted by Crippen LogP contribution is -2.30. The van der Waals surface area contributed by atoms with Gasteiger partial charge in [-0.3, -0.25) is 9.69 Å². The van der Waals surface area contributed by atoms with Crippen molar-refractivity contribution in [2.24, 2.45) is 0 Å². The summed E-state index contributed by atoms with van der Waals surface area (Å²) in [6, 6.07) is 25.1. The number of para-hydroxylation sites is 1. The van der Waals surface area contributed by atoms with E-state index in [4.69, 9.17) is 22.3 Å². The van der Waals surface area contributed by atoms with E-state index in [1.165, 1.54) is 17.3 Å². The van der Waals surface area contributed by atoms with E-state index in [1.807, 2.05) is 36.4 Å². The maximum absolute atomic E-state index is 13.1. The van der Waals surface area contributed by atoms with Gasteiger partial charge in [-0.2, -0.15) is 0 Å². The highest BCUT2D eigenvalue weighted by Gasteiger charge is 2.31. The summed E-state index contributed by atoms with van der Waals surface area (Å²) in [4.78, 5) is 31.3. The molecule has 184 valence electrons. The van der Waals surface area contributed by atoms with Gasteiger partial charge in [0.05, 0.1) is 21.7 Å². The Balaban J connectivity index is 1.36. The van der Waals surface area contributed by atoms with E-state index in [9.17, 15) is 9.59 Å². The van der Waals surface area contributed by atoms with Gasteiger partial charge in [-0.25, -0.2) is 9.78 Å². The largest absolute Gasteiger partial charge is 0.478 e. The lowest BCUT2D eigenvalue weighted by molar-refractivity contribution is -0.122. The zero-order chi connectivity index (χ0) is 25.9. The van der Waals surface area contributed by atoms with Crippen LogP contribution in [-0.2, 0) is 17.6 Å². The molecule has 0 spiro atoms. The molecule has 1 fully saturated rings. The number of aromatic nitrogens is 1. The van der Waals surface area contributed by atoms with Gasteiger partial charge in [0, 0.05) is 17.5 Å². The maximum Gasteiger partial charge on any atom is 0.335 e. The number of carboxylic acid groups (broad SMARTS) is 1. The molecule has 3 aromatic carbocycles. The fraction of sp³-hybridized carbons (Fsp3) is 0.133. The van der Waals surface area contributed by atoms with Gasteiger partial charge >= 0.3 is 5.97 Å². The Morgan fingerprint density at radius 2 is 1.84 bits per heavy atom. The number of hydrogen-bond acceptors (Lipinski definition) is 5. The number of benzene rings is 3. The van der Waals surface area contributed by atoms with Crippen molar-refractivity contribution in [2.75, 3.05) is 6.54 Å². The van der Waals surface area contributed by atoms with Gasteiger partial charge in [0.1, 0.15) is 4.32 Å². The van der Waals surface area contributed by atoms with Gasteiger partial charge in [0.25, 0.3) is 5.91 Å². The van der Waals surface area contributed by atoms with Crippen LogP contribution in [0.15, 0.2) is 83.8 Å². The third-order valence-electron chi connectivity index (χ3n) is 6.34. The number of fused-ring (bicyclic) bond motifs is 1. The fourth-order valence-electron chi connectivity index (χ4n) is 4.35. The summed E-state index contributed by atoms with van der Waals surface area (Å²) in [7, 11) is 0. The third kappa shape index (κ3) is 5.33. The van der Waals surface area contributed by atoms with Gasteiger partial charge in [-0.1, -0.05) is 79.4 Å². The Bertz CT molecular complexity index is 1560. The number of carbonyl (C=O) groups excluding carboxylic acids is 1. The summed E-state index contributed by atoms with van der Waals surface area (Å²) in [6.07, 6.45) is 3.34. The number of nitrogens with zero attached hydrogens (tertiary/aromatic N) is 2. The predicted molar refractivity (Wildman–Crippen MR) is 154 cm³/mol. The molecule has 1 saturated heterocycles. The van der Waals surface area contributed by atoms with Crippen LogP contribution in [0.1, 0.15) is 34.0 Å². The van der Waals surface area contributed by atoms with E-state index in [2.05, 4.69) is 31.2 Å². The molecular weight excluding hydrogens is 500 g/mol. The Morgan fingerprint density at radius 3 is 2.59 bits per heavy atom. The molecule has 2 heterocycles. The molecule has 5 rings (SSSR count). The SMILES string of the molecule is CCc1cc2ccccc2nc1-c1cccc(/C=C2\SC(=S)N(CCc3ccc(C(=O)O)cc3)C2=O)c1. The summed E-state index contributed by atoms with van der Waals surface area (Å²) >= 11 is 6.81. The van der Waals surface area contributed by atoms with Crippen LogP contribution < -0.4 is 0 Å². The van der Waals surface area contributed by atoms with E-state index in [0.717, 1.165) is 39.7 Å². The Hall–Kier alpha value is -3.81.